The molecule has 1 fully saturated rings. The lowest BCUT2D eigenvalue weighted by Crippen LogP contribution is -2.57. The molecular formula is C58H76N8O10S. The van der Waals surface area contributed by atoms with Crippen LogP contribution in [0.2, 0.25) is 0 Å². The lowest BCUT2D eigenvalue weighted by molar-refractivity contribution is -0.144. The number of unbranched alkanes of at least 4 members (excludes halogenated alkanes) is 2. The molecule has 0 saturated carbocycles. The maximum atomic E-state index is 14.2. The number of amides is 7. The molecule has 1 aromatic heterocycles. The van der Waals surface area contributed by atoms with Gasteiger partial charge in [0, 0.05) is 32.2 Å². The average Bonchev–Trinajstić information content (AvgIpc) is 4.09. The lowest BCUT2D eigenvalue weighted by Gasteiger charge is -2.35. The van der Waals surface area contributed by atoms with Crippen molar-refractivity contribution in [2.24, 2.45) is 11.1 Å². The van der Waals surface area contributed by atoms with E-state index in [1.807, 2.05) is 101 Å². The maximum Gasteiger partial charge on any atom is 0.408 e. The van der Waals surface area contributed by atoms with Gasteiger partial charge < -0.3 is 46.5 Å². The SMILES string of the molecule is Cc1ncsc1-c1ccc([C@H](C)NC(=O)[C@@H]2C[C@@H](O)CN2C(=O)[C@@H](NC(=O)CCCCCc2cccc(OC[C@H](CCC(N)=O)NC(=O)[C@@H]3Cc4cccc5c4N3C(=O)[C@@H](NC(=O)OC(C)(C)C)CC5)c2)C(C)(C)C)cc1. The standard InChI is InChI=1S/C58H76N8O10S/c1-34(37-20-22-39(23-21-37)50-35(2)60-33-77-50)61-52(70)45-30-42(67)31-65(45)55(73)51(57(3,4)5)64-48(69)19-11-9-10-14-36-15-12-18-43(28-36)75-32-41(25-27-47(59)68)62-53(71)46-29-40-17-13-16-38-24-26-44(54(72)66(46)49(38)40)63-56(74)76-58(6,7)8/h12-13,15-18,20-23,28,33-34,41-42,44-46,51,67H,9-11,14,19,24-27,29-32H2,1-8H3,(H2,59,68)(H,61,70)(H,62,71)(H,63,74)(H,64,69)/t34-,41-,42+,44-,45-,46-,51+/m0/s1. The molecule has 4 aromatic rings. The monoisotopic (exact) mass is 1080 g/mol. The second kappa shape index (κ2) is 25.1. The highest BCUT2D eigenvalue weighted by Gasteiger charge is 2.46. The van der Waals surface area contributed by atoms with Gasteiger partial charge in [-0.25, -0.2) is 9.78 Å². The van der Waals surface area contributed by atoms with E-state index in [4.69, 9.17) is 15.2 Å². The average molecular weight is 1080 g/mol. The van der Waals surface area contributed by atoms with Crippen molar-refractivity contribution < 1.29 is 48.1 Å². The number of aliphatic hydroxyl groups is 1. The number of primary amides is 1. The molecule has 4 heterocycles. The summed E-state index contributed by atoms with van der Waals surface area (Å²) in [6.45, 7) is 14.6. The molecule has 0 bridgehead atoms. The third-order valence-corrected chi connectivity index (χ3v) is 15.2. The molecule has 19 heteroatoms. The Balaban J connectivity index is 0.886. The molecule has 7 amide bonds. The number of rotatable bonds is 21. The number of nitrogens with zero attached hydrogens (tertiary/aromatic N) is 3. The number of likely N-dealkylation sites (tertiary alicyclic amines) is 1. The Hall–Kier alpha value is -6.86. The summed E-state index contributed by atoms with van der Waals surface area (Å²) in [5.74, 6) is -1.88. The zero-order valence-corrected chi connectivity index (χ0v) is 46.4. The van der Waals surface area contributed by atoms with Crippen LogP contribution in [0.1, 0.15) is 134 Å². The summed E-state index contributed by atoms with van der Waals surface area (Å²) in [5.41, 5.74) is 12.2. The van der Waals surface area contributed by atoms with Crippen LogP contribution < -0.4 is 36.6 Å². The summed E-state index contributed by atoms with van der Waals surface area (Å²) >= 11 is 1.57. The quantitative estimate of drug-likeness (QED) is 0.0490. The van der Waals surface area contributed by atoms with Gasteiger partial charge in [-0.05, 0) is 119 Å². The van der Waals surface area contributed by atoms with E-state index in [0.29, 0.717) is 37.1 Å². The van der Waals surface area contributed by atoms with Gasteiger partial charge in [-0.15, -0.1) is 11.3 Å². The summed E-state index contributed by atoms with van der Waals surface area (Å²) < 4.78 is 11.7. The van der Waals surface area contributed by atoms with Gasteiger partial charge >= 0.3 is 6.09 Å². The second-order valence-corrected chi connectivity index (χ2v) is 23.6. The normalized spacial score (nSPS) is 19.3. The van der Waals surface area contributed by atoms with Gasteiger partial charge in [0.15, 0.2) is 0 Å². The van der Waals surface area contributed by atoms with Crippen LogP contribution in [-0.4, -0.2) is 112 Å². The fourth-order valence-corrected chi connectivity index (χ4v) is 11.1. The number of carbonyl (C=O) groups excluding carboxylic acids is 7. The third kappa shape index (κ3) is 15.2. The number of alkyl carbamates (subject to hydrolysis) is 1. The van der Waals surface area contributed by atoms with Crippen LogP contribution in [0.3, 0.4) is 0 Å². The van der Waals surface area contributed by atoms with Crippen molar-refractivity contribution in [1.82, 2.24) is 31.2 Å². The number of ether oxygens (including phenoxy) is 2. The van der Waals surface area contributed by atoms with Crippen LogP contribution in [0.25, 0.3) is 10.4 Å². The van der Waals surface area contributed by atoms with Gasteiger partial charge in [-0.1, -0.05) is 81.8 Å². The van der Waals surface area contributed by atoms with Gasteiger partial charge in [-0.3, -0.25) is 33.7 Å². The number of nitrogens with one attached hydrogen (secondary N) is 4. The molecule has 0 unspecified atom stereocenters. The lowest BCUT2D eigenvalue weighted by atomic mass is 9.85. The Kier molecular flexibility index (Phi) is 18.8. The van der Waals surface area contributed by atoms with Crippen LogP contribution in [0.15, 0.2) is 72.2 Å². The van der Waals surface area contributed by atoms with Crippen molar-refractivity contribution in [2.45, 2.75) is 174 Å². The molecule has 0 aliphatic carbocycles. The molecule has 3 aromatic carbocycles. The second-order valence-electron chi connectivity index (χ2n) is 22.7. The number of hydrogen-bond donors (Lipinski definition) is 6. The number of para-hydroxylation sites is 1. The van der Waals surface area contributed by atoms with Crippen molar-refractivity contribution >= 4 is 58.6 Å². The van der Waals surface area contributed by atoms with Crippen molar-refractivity contribution in [1.29, 1.82) is 0 Å². The largest absolute Gasteiger partial charge is 0.491 e. The number of β-amino-alcohol motifs (C(OH)–C–C–N with tert-alkyl or cyclic N) is 1. The van der Waals surface area contributed by atoms with E-state index >= 15 is 0 Å². The number of aliphatic hydroxyl groups excluding tert-OH is 1. The first-order valence-electron chi connectivity index (χ1n) is 26.8. The first-order chi connectivity index (χ1) is 36.4. The number of aromatic nitrogens is 1. The summed E-state index contributed by atoms with van der Waals surface area (Å²) in [5, 5.41) is 22.5. The number of hydrogen-bond acceptors (Lipinski definition) is 12. The molecule has 18 nitrogen and oxygen atoms in total. The van der Waals surface area contributed by atoms with Crippen LogP contribution in [0, 0.1) is 12.3 Å². The number of carbonyl (C=O) groups is 7. The highest BCUT2D eigenvalue weighted by molar-refractivity contribution is 7.13. The van der Waals surface area contributed by atoms with E-state index in [9.17, 15) is 38.7 Å². The molecule has 7 rings (SSSR count). The number of aryl methyl sites for hydroxylation is 3. The molecule has 7 atom stereocenters. The highest BCUT2D eigenvalue weighted by atomic mass is 32.1. The Bertz CT molecular complexity index is 2790. The van der Waals surface area contributed by atoms with E-state index in [2.05, 4.69) is 26.3 Å². The Morgan fingerprint density at radius 2 is 1.60 bits per heavy atom. The molecule has 77 heavy (non-hydrogen) atoms. The summed E-state index contributed by atoms with van der Waals surface area (Å²) in [7, 11) is 0. The first-order valence-corrected chi connectivity index (χ1v) is 27.7. The molecular weight excluding hydrogens is 1000 g/mol. The molecule has 0 radical (unpaired) electrons. The van der Waals surface area contributed by atoms with Crippen molar-refractivity contribution in [3.8, 4) is 16.2 Å². The Morgan fingerprint density at radius 3 is 2.29 bits per heavy atom. The van der Waals surface area contributed by atoms with E-state index < -0.39 is 77.1 Å². The summed E-state index contributed by atoms with van der Waals surface area (Å²) in [6, 6.07) is 16.6. The van der Waals surface area contributed by atoms with Gasteiger partial charge in [0.05, 0.1) is 40.0 Å². The highest BCUT2D eigenvalue weighted by Crippen LogP contribution is 2.39. The maximum absolute atomic E-state index is 14.2. The number of benzene rings is 3. The van der Waals surface area contributed by atoms with Crippen molar-refractivity contribution in [2.75, 3.05) is 18.1 Å². The minimum atomic E-state index is -0.934. The number of anilines is 1. The predicted molar refractivity (Wildman–Crippen MR) is 294 cm³/mol. The van der Waals surface area contributed by atoms with Crippen molar-refractivity contribution in [3.63, 3.8) is 0 Å². The fourth-order valence-electron chi connectivity index (χ4n) is 10.3. The van der Waals surface area contributed by atoms with Gasteiger partial charge in [-0.2, -0.15) is 0 Å². The Morgan fingerprint density at radius 1 is 0.883 bits per heavy atom. The Labute approximate surface area is 455 Å². The predicted octanol–water partition coefficient (Wildman–Crippen LogP) is 6.52. The van der Waals surface area contributed by atoms with Crippen LogP contribution in [0.5, 0.6) is 5.75 Å². The van der Waals surface area contributed by atoms with Gasteiger partial charge in [0.25, 0.3) is 0 Å². The summed E-state index contributed by atoms with van der Waals surface area (Å²) in [4.78, 5) is 103. The van der Waals surface area contributed by atoms with Crippen molar-refractivity contribution in [3.05, 3.63) is 100 Å². The molecule has 414 valence electrons. The smallest absolute Gasteiger partial charge is 0.408 e. The molecule has 3 aliphatic heterocycles. The fraction of sp³-hybridized carbons (Fsp3) is 0.517. The molecule has 1 saturated heterocycles. The van der Waals surface area contributed by atoms with E-state index in [1.165, 1.54) is 9.80 Å². The topological polar surface area (TPSA) is 252 Å². The first kappa shape index (κ1) is 57.8. The minimum Gasteiger partial charge on any atom is -0.491 e. The summed E-state index contributed by atoms with van der Waals surface area (Å²) in [6.07, 6.45) is 2.73. The van der Waals surface area contributed by atoms with Crippen LogP contribution in [0.4, 0.5) is 10.5 Å². The van der Waals surface area contributed by atoms with Crippen LogP contribution in [-0.2, 0) is 52.8 Å². The molecule has 0 spiro atoms. The zero-order chi connectivity index (χ0) is 55.8. The number of thiazole rings is 1. The zero-order valence-electron chi connectivity index (χ0n) is 45.6. The molecule has 7 N–H and O–H groups in total. The van der Waals surface area contributed by atoms with E-state index in [0.717, 1.165) is 51.2 Å². The number of nitrogens with two attached hydrogens (primary N) is 1. The van der Waals surface area contributed by atoms with E-state index in [1.54, 1.807) is 38.2 Å². The van der Waals surface area contributed by atoms with Gasteiger partial charge in [0.2, 0.25) is 35.4 Å². The minimum absolute atomic E-state index is 0.00747. The van der Waals surface area contributed by atoms with Crippen LogP contribution >= 0.6 is 11.3 Å². The molecule has 3 aliphatic rings. The third-order valence-electron chi connectivity index (χ3n) is 14.3. The van der Waals surface area contributed by atoms with Gasteiger partial charge in [0.1, 0.15) is 42.1 Å². The van der Waals surface area contributed by atoms with E-state index in [-0.39, 0.29) is 63.1 Å².